The molecule has 1 aromatic heterocycles. The van der Waals surface area contributed by atoms with Crippen LogP contribution in [0.2, 0.25) is 0 Å². The van der Waals surface area contributed by atoms with Crippen LogP contribution in [0.4, 0.5) is 11.5 Å². The Labute approximate surface area is 122 Å². The molecule has 1 heterocycles. The zero-order chi connectivity index (χ0) is 15.0. The molecule has 0 atom stereocenters. The summed E-state index contributed by atoms with van der Waals surface area (Å²) in [6.07, 6.45) is 3.58. The van der Waals surface area contributed by atoms with Crippen molar-refractivity contribution in [1.82, 2.24) is 4.98 Å². The Kier molecular flexibility index (Phi) is 3.85. The topological polar surface area (TPSA) is 60.2 Å². The van der Waals surface area contributed by atoms with Crippen molar-refractivity contribution in [3.63, 3.8) is 0 Å². The van der Waals surface area contributed by atoms with Crippen molar-refractivity contribution in [1.29, 1.82) is 0 Å². The third-order valence-corrected chi connectivity index (χ3v) is 3.99. The molecule has 1 aromatic rings. The highest BCUT2D eigenvalue weighted by Crippen LogP contribution is 2.46. The first-order valence-electron chi connectivity index (χ1n) is 7.28. The molecule has 0 amide bonds. The summed E-state index contributed by atoms with van der Waals surface area (Å²) in [6.45, 7) is 9.39. The summed E-state index contributed by atoms with van der Waals surface area (Å²) in [4.78, 5) is 4.42. The van der Waals surface area contributed by atoms with Crippen LogP contribution in [0.1, 0.15) is 47.0 Å². The Morgan fingerprint density at radius 2 is 1.80 bits per heavy atom. The van der Waals surface area contributed by atoms with E-state index in [1.54, 1.807) is 7.11 Å². The predicted molar refractivity (Wildman–Crippen MR) is 84.0 cm³/mol. The first kappa shape index (κ1) is 14.9. The summed E-state index contributed by atoms with van der Waals surface area (Å²) in [5.74, 6) is 1.33. The first-order chi connectivity index (χ1) is 9.21. The second-order valence-corrected chi connectivity index (χ2v) is 7.55. The molecule has 4 nitrogen and oxygen atoms in total. The minimum Gasteiger partial charge on any atom is -0.479 e. The van der Waals surface area contributed by atoms with Crippen LogP contribution in [0.5, 0.6) is 5.88 Å². The van der Waals surface area contributed by atoms with E-state index in [0.29, 0.717) is 28.4 Å². The standard InChI is InChI=1S/C16H27N3O/c1-15(2)8-11(9-16(3,4)10-15)18-13-7-6-12(17)14(19-13)20-5/h6-7,11H,8-10,17H2,1-5H3,(H,18,19). The zero-order valence-corrected chi connectivity index (χ0v) is 13.3. The SMILES string of the molecule is COc1nc(NC2CC(C)(C)CC(C)(C)C2)ccc1N. The van der Waals surface area contributed by atoms with Crippen LogP contribution in [0, 0.1) is 10.8 Å². The van der Waals surface area contributed by atoms with E-state index < -0.39 is 0 Å². The van der Waals surface area contributed by atoms with Gasteiger partial charge in [0.15, 0.2) is 0 Å². The zero-order valence-electron chi connectivity index (χ0n) is 13.3. The van der Waals surface area contributed by atoms with Crippen molar-refractivity contribution < 1.29 is 4.74 Å². The summed E-state index contributed by atoms with van der Waals surface area (Å²) in [6, 6.07) is 4.20. The van der Waals surface area contributed by atoms with Gasteiger partial charge in [-0.3, -0.25) is 0 Å². The Bertz CT molecular complexity index is 467. The van der Waals surface area contributed by atoms with Crippen molar-refractivity contribution in [3.8, 4) is 5.88 Å². The van der Waals surface area contributed by atoms with Crippen molar-refractivity contribution >= 4 is 11.5 Å². The lowest BCUT2D eigenvalue weighted by molar-refractivity contribution is 0.105. The van der Waals surface area contributed by atoms with E-state index in [1.165, 1.54) is 6.42 Å². The number of hydrogen-bond donors (Lipinski definition) is 2. The summed E-state index contributed by atoms with van der Waals surface area (Å²) in [5, 5.41) is 3.55. The Morgan fingerprint density at radius 1 is 1.20 bits per heavy atom. The van der Waals surface area contributed by atoms with Crippen molar-refractivity contribution in [3.05, 3.63) is 12.1 Å². The van der Waals surface area contributed by atoms with Crippen LogP contribution in [0.25, 0.3) is 0 Å². The molecule has 2 rings (SSSR count). The summed E-state index contributed by atoms with van der Waals surface area (Å²) in [5.41, 5.74) is 7.09. The molecule has 1 saturated carbocycles. The van der Waals surface area contributed by atoms with Crippen molar-refractivity contribution in [2.45, 2.75) is 53.0 Å². The van der Waals surface area contributed by atoms with E-state index >= 15 is 0 Å². The monoisotopic (exact) mass is 277 g/mol. The maximum atomic E-state index is 5.80. The van der Waals surface area contributed by atoms with Gasteiger partial charge in [0.2, 0.25) is 5.88 Å². The molecule has 0 spiro atoms. The summed E-state index contributed by atoms with van der Waals surface area (Å²) >= 11 is 0. The van der Waals surface area contributed by atoms with Crippen LogP contribution < -0.4 is 15.8 Å². The molecular formula is C16H27N3O. The predicted octanol–water partition coefficient (Wildman–Crippen LogP) is 3.69. The molecule has 20 heavy (non-hydrogen) atoms. The fourth-order valence-corrected chi connectivity index (χ4v) is 3.85. The molecule has 1 aliphatic rings. The number of aromatic nitrogens is 1. The van der Waals surface area contributed by atoms with Gasteiger partial charge in [-0.05, 0) is 42.2 Å². The number of rotatable bonds is 3. The van der Waals surface area contributed by atoms with Gasteiger partial charge in [-0.2, -0.15) is 4.98 Å². The van der Waals surface area contributed by atoms with Gasteiger partial charge in [0.25, 0.3) is 0 Å². The number of pyridine rings is 1. The van der Waals surface area contributed by atoms with Gasteiger partial charge in [0.1, 0.15) is 5.82 Å². The maximum Gasteiger partial charge on any atom is 0.238 e. The van der Waals surface area contributed by atoms with E-state index in [0.717, 1.165) is 18.7 Å². The number of hydrogen-bond acceptors (Lipinski definition) is 4. The number of nitrogens with one attached hydrogen (secondary N) is 1. The number of nitrogen functional groups attached to an aromatic ring is 1. The van der Waals surface area contributed by atoms with Crippen LogP contribution in [0.3, 0.4) is 0 Å². The van der Waals surface area contributed by atoms with Crippen molar-refractivity contribution in [2.24, 2.45) is 10.8 Å². The number of nitrogens with two attached hydrogens (primary N) is 1. The molecule has 0 bridgehead atoms. The second kappa shape index (κ2) is 5.15. The molecule has 0 saturated heterocycles. The molecule has 3 N–H and O–H groups in total. The van der Waals surface area contributed by atoms with E-state index in [1.807, 2.05) is 12.1 Å². The number of methoxy groups -OCH3 is 1. The van der Waals surface area contributed by atoms with Gasteiger partial charge in [0, 0.05) is 6.04 Å². The highest BCUT2D eigenvalue weighted by atomic mass is 16.5. The molecule has 112 valence electrons. The molecule has 0 unspecified atom stereocenters. The van der Waals surface area contributed by atoms with E-state index in [4.69, 9.17) is 10.5 Å². The lowest BCUT2D eigenvalue weighted by Crippen LogP contribution is -2.40. The number of anilines is 2. The third-order valence-electron chi connectivity index (χ3n) is 3.99. The number of ether oxygens (including phenoxy) is 1. The fraction of sp³-hybridized carbons (Fsp3) is 0.688. The van der Waals surface area contributed by atoms with Crippen molar-refractivity contribution in [2.75, 3.05) is 18.2 Å². The van der Waals surface area contributed by atoms with Gasteiger partial charge in [0.05, 0.1) is 12.8 Å². The average molecular weight is 277 g/mol. The van der Waals surface area contributed by atoms with E-state index in [2.05, 4.69) is 38.0 Å². The smallest absolute Gasteiger partial charge is 0.238 e. The van der Waals surface area contributed by atoms with Gasteiger partial charge < -0.3 is 15.8 Å². The summed E-state index contributed by atoms with van der Waals surface area (Å²) < 4.78 is 5.18. The molecule has 0 aromatic carbocycles. The van der Waals surface area contributed by atoms with Gasteiger partial charge >= 0.3 is 0 Å². The number of nitrogens with zero attached hydrogens (tertiary/aromatic N) is 1. The first-order valence-corrected chi connectivity index (χ1v) is 7.28. The van der Waals surface area contributed by atoms with Crippen LogP contribution >= 0.6 is 0 Å². The van der Waals surface area contributed by atoms with Crippen LogP contribution in [-0.4, -0.2) is 18.1 Å². The lowest BCUT2D eigenvalue weighted by atomic mass is 9.63. The maximum absolute atomic E-state index is 5.80. The molecule has 0 aliphatic heterocycles. The highest BCUT2D eigenvalue weighted by molar-refractivity contribution is 5.53. The van der Waals surface area contributed by atoms with Crippen LogP contribution in [-0.2, 0) is 0 Å². The molecule has 1 aliphatic carbocycles. The van der Waals surface area contributed by atoms with Gasteiger partial charge in [-0.15, -0.1) is 0 Å². The Hall–Kier alpha value is -1.45. The Balaban J connectivity index is 2.13. The largest absolute Gasteiger partial charge is 0.479 e. The Morgan fingerprint density at radius 3 is 2.35 bits per heavy atom. The second-order valence-electron chi connectivity index (χ2n) is 7.55. The molecular weight excluding hydrogens is 250 g/mol. The molecule has 1 fully saturated rings. The average Bonchev–Trinajstić information content (AvgIpc) is 2.27. The molecule has 0 radical (unpaired) electrons. The van der Waals surface area contributed by atoms with E-state index in [9.17, 15) is 0 Å². The highest BCUT2D eigenvalue weighted by Gasteiger charge is 2.38. The molecule has 4 heteroatoms. The fourth-order valence-electron chi connectivity index (χ4n) is 3.85. The summed E-state index contributed by atoms with van der Waals surface area (Å²) in [7, 11) is 1.59. The minimum absolute atomic E-state index is 0.358. The van der Waals surface area contributed by atoms with Crippen LogP contribution in [0.15, 0.2) is 12.1 Å². The third kappa shape index (κ3) is 3.56. The normalized spacial score (nSPS) is 21.4. The van der Waals surface area contributed by atoms with Gasteiger partial charge in [-0.25, -0.2) is 0 Å². The minimum atomic E-state index is 0.358. The quantitative estimate of drug-likeness (QED) is 0.884. The lowest BCUT2D eigenvalue weighted by Gasteiger charge is -2.45. The van der Waals surface area contributed by atoms with E-state index in [-0.39, 0.29) is 0 Å². The van der Waals surface area contributed by atoms with Gasteiger partial charge in [-0.1, -0.05) is 27.7 Å².